The van der Waals surface area contributed by atoms with Crippen molar-refractivity contribution in [2.45, 2.75) is 58.1 Å². The number of imide groups is 1. The first kappa shape index (κ1) is 14.5. The average molecular weight is 257 g/mol. The van der Waals surface area contributed by atoms with Crippen LogP contribution in [-0.2, 0) is 14.3 Å². The van der Waals surface area contributed by atoms with Gasteiger partial charge in [-0.05, 0) is 40.5 Å². The molecule has 0 aromatic heterocycles. The van der Waals surface area contributed by atoms with Crippen molar-refractivity contribution in [3.05, 3.63) is 0 Å². The zero-order valence-electron chi connectivity index (χ0n) is 11.1. The lowest BCUT2D eigenvalue weighted by Crippen LogP contribution is -2.60. The highest BCUT2D eigenvalue weighted by Crippen LogP contribution is 2.30. The second-order valence-corrected chi connectivity index (χ2v) is 5.64. The van der Waals surface area contributed by atoms with Gasteiger partial charge in [0.15, 0.2) is 0 Å². The highest BCUT2D eigenvalue weighted by Gasteiger charge is 2.49. The fraction of sp³-hybridized carbons (Fsp3) is 0.750. The second kappa shape index (κ2) is 4.59. The van der Waals surface area contributed by atoms with E-state index in [4.69, 9.17) is 4.74 Å². The molecular formula is C12H19NO5. The zero-order chi connectivity index (χ0) is 14.1. The van der Waals surface area contributed by atoms with E-state index in [1.165, 1.54) is 6.92 Å². The molecule has 0 spiro atoms. The smallest absolute Gasteiger partial charge is 0.418 e. The molecule has 2 amide bonds. The molecule has 6 heteroatoms. The van der Waals surface area contributed by atoms with Crippen LogP contribution in [0.4, 0.5) is 4.79 Å². The van der Waals surface area contributed by atoms with Gasteiger partial charge in [0.25, 0.3) is 0 Å². The summed E-state index contributed by atoms with van der Waals surface area (Å²) in [6, 6.07) is 0. The molecule has 0 bridgehead atoms. The van der Waals surface area contributed by atoms with Crippen LogP contribution in [0.15, 0.2) is 0 Å². The van der Waals surface area contributed by atoms with Crippen LogP contribution >= 0.6 is 0 Å². The van der Waals surface area contributed by atoms with E-state index in [2.05, 4.69) is 0 Å². The Morgan fingerprint density at radius 1 is 1.39 bits per heavy atom. The van der Waals surface area contributed by atoms with Gasteiger partial charge < -0.3 is 9.84 Å². The van der Waals surface area contributed by atoms with Crippen LogP contribution in [0.3, 0.4) is 0 Å². The minimum Gasteiger partial charge on any atom is -0.479 e. The van der Waals surface area contributed by atoms with Crippen molar-refractivity contribution < 1.29 is 24.2 Å². The predicted molar refractivity (Wildman–Crippen MR) is 63.0 cm³/mol. The van der Waals surface area contributed by atoms with Gasteiger partial charge in [0, 0.05) is 6.42 Å². The third-order valence-electron chi connectivity index (χ3n) is 2.83. The van der Waals surface area contributed by atoms with Gasteiger partial charge >= 0.3 is 12.1 Å². The van der Waals surface area contributed by atoms with Crippen molar-refractivity contribution in [2.24, 2.45) is 0 Å². The Hall–Kier alpha value is -1.59. The van der Waals surface area contributed by atoms with Crippen LogP contribution in [0.5, 0.6) is 0 Å². The van der Waals surface area contributed by atoms with Crippen molar-refractivity contribution in [1.82, 2.24) is 4.90 Å². The summed E-state index contributed by atoms with van der Waals surface area (Å²) in [7, 11) is 0. The molecule has 1 unspecified atom stereocenters. The van der Waals surface area contributed by atoms with Crippen LogP contribution in [0.1, 0.15) is 47.0 Å². The topological polar surface area (TPSA) is 83.9 Å². The standard InChI is InChI=1S/C12H19NO5/c1-11(2,3)18-10(17)13-8(14)6-5-7-12(13,4)9(15)16/h5-7H2,1-4H3,(H,15,16). The maximum Gasteiger partial charge on any atom is 0.418 e. The van der Waals surface area contributed by atoms with Gasteiger partial charge in [-0.2, -0.15) is 0 Å². The van der Waals surface area contributed by atoms with Gasteiger partial charge in [-0.25, -0.2) is 14.5 Å². The van der Waals surface area contributed by atoms with E-state index in [1.54, 1.807) is 20.8 Å². The van der Waals surface area contributed by atoms with Crippen molar-refractivity contribution in [2.75, 3.05) is 0 Å². The quantitative estimate of drug-likeness (QED) is 0.774. The van der Waals surface area contributed by atoms with Crippen LogP contribution in [0.2, 0.25) is 0 Å². The van der Waals surface area contributed by atoms with E-state index >= 15 is 0 Å². The molecule has 18 heavy (non-hydrogen) atoms. The molecule has 102 valence electrons. The molecule has 1 atom stereocenters. The van der Waals surface area contributed by atoms with E-state index in [-0.39, 0.29) is 12.8 Å². The molecule has 6 nitrogen and oxygen atoms in total. The van der Waals surface area contributed by atoms with Crippen LogP contribution in [0.25, 0.3) is 0 Å². The molecule has 0 radical (unpaired) electrons. The Balaban J connectivity index is 3.03. The lowest BCUT2D eigenvalue weighted by Gasteiger charge is -2.40. The van der Waals surface area contributed by atoms with Crippen LogP contribution in [0, 0.1) is 0 Å². The number of carbonyl (C=O) groups is 3. The van der Waals surface area contributed by atoms with E-state index in [9.17, 15) is 19.5 Å². The molecule has 0 saturated carbocycles. The molecule has 1 saturated heterocycles. The van der Waals surface area contributed by atoms with E-state index in [0.717, 1.165) is 4.90 Å². The number of carboxylic acid groups (broad SMARTS) is 1. The lowest BCUT2D eigenvalue weighted by atomic mass is 9.88. The number of amides is 2. The monoisotopic (exact) mass is 257 g/mol. The first-order chi connectivity index (χ1) is 8.08. The molecule has 0 aromatic rings. The van der Waals surface area contributed by atoms with Gasteiger partial charge in [-0.1, -0.05) is 0 Å². The summed E-state index contributed by atoms with van der Waals surface area (Å²) in [6.45, 7) is 6.36. The van der Waals surface area contributed by atoms with Crippen molar-refractivity contribution in [3.63, 3.8) is 0 Å². The van der Waals surface area contributed by atoms with Crippen LogP contribution < -0.4 is 0 Å². The maximum absolute atomic E-state index is 12.0. The summed E-state index contributed by atoms with van der Waals surface area (Å²) >= 11 is 0. The summed E-state index contributed by atoms with van der Waals surface area (Å²) in [5, 5.41) is 9.23. The fourth-order valence-electron chi connectivity index (χ4n) is 1.90. The summed E-state index contributed by atoms with van der Waals surface area (Å²) < 4.78 is 5.10. The molecule has 1 rings (SSSR count). The highest BCUT2D eigenvalue weighted by molar-refractivity contribution is 5.99. The molecule has 1 fully saturated rings. The number of piperidine rings is 1. The number of hydrogen-bond donors (Lipinski definition) is 1. The van der Waals surface area contributed by atoms with E-state index in [0.29, 0.717) is 6.42 Å². The molecule has 0 aromatic carbocycles. The number of ether oxygens (including phenoxy) is 1. The lowest BCUT2D eigenvalue weighted by molar-refractivity contribution is -0.160. The minimum atomic E-state index is -1.52. The number of hydrogen-bond acceptors (Lipinski definition) is 4. The Labute approximate surface area is 106 Å². The summed E-state index contributed by atoms with van der Waals surface area (Å²) in [4.78, 5) is 35.8. The number of rotatable bonds is 1. The Morgan fingerprint density at radius 3 is 2.39 bits per heavy atom. The van der Waals surface area contributed by atoms with Gasteiger partial charge in [0.2, 0.25) is 5.91 Å². The molecule has 1 N–H and O–H groups in total. The largest absolute Gasteiger partial charge is 0.479 e. The fourth-order valence-corrected chi connectivity index (χ4v) is 1.90. The first-order valence-electron chi connectivity index (χ1n) is 5.87. The normalized spacial score (nSPS) is 24.9. The third kappa shape index (κ3) is 2.80. The molecule has 0 aliphatic carbocycles. The molecule has 1 aliphatic heterocycles. The van der Waals surface area contributed by atoms with Crippen molar-refractivity contribution >= 4 is 18.0 Å². The average Bonchev–Trinajstić information content (AvgIpc) is 2.13. The van der Waals surface area contributed by atoms with Crippen LogP contribution in [-0.4, -0.2) is 39.1 Å². The first-order valence-corrected chi connectivity index (χ1v) is 5.87. The number of aliphatic carboxylic acids is 1. The van der Waals surface area contributed by atoms with Gasteiger partial charge in [-0.3, -0.25) is 4.79 Å². The van der Waals surface area contributed by atoms with Gasteiger partial charge in [0.05, 0.1) is 0 Å². The number of likely N-dealkylation sites (tertiary alicyclic amines) is 1. The molecule has 1 aliphatic rings. The highest BCUT2D eigenvalue weighted by atomic mass is 16.6. The minimum absolute atomic E-state index is 0.169. The van der Waals surface area contributed by atoms with Crippen molar-refractivity contribution in [3.8, 4) is 0 Å². The summed E-state index contributed by atoms with van der Waals surface area (Å²) in [5.74, 6) is -1.69. The van der Waals surface area contributed by atoms with E-state index < -0.39 is 29.1 Å². The van der Waals surface area contributed by atoms with Crippen molar-refractivity contribution in [1.29, 1.82) is 0 Å². The van der Waals surface area contributed by atoms with Gasteiger partial charge in [-0.15, -0.1) is 0 Å². The Morgan fingerprint density at radius 2 is 1.94 bits per heavy atom. The number of carboxylic acids is 1. The second-order valence-electron chi connectivity index (χ2n) is 5.64. The Kier molecular flexibility index (Phi) is 3.69. The summed E-state index contributed by atoms with van der Waals surface area (Å²) in [5.41, 5.74) is -2.29. The summed E-state index contributed by atoms with van der Waals surface area (Å²) in [6.07, 6.45) is -0.0202. The molecule has 1 heterocycles. The Bertz CT molecular complexity index is 384. The maximum atomic E-state index is 12.0. The molecular weight excluding hydrogens is 238 g/mol. The third-order valence-corrected chi connectivity index (χ3v) is 2.83. The number of carbonyl (C=O) groups excluding carboxylic acids is 2. The zero-order valence-corrected chi connectivity index (χ0v) is 11.1. The SMILES string of the molecule is CC(C)(C)OC(=O)N1C(=O)CCCC1(C)C(=O)O. The number of nitrogens with zero attached hydrogens (tertiary/aromatic N) is 1. The van der Waals surface area contributed by atoms with Gasteiger partial charge in [0.1, 0.15) is 11.1 Å². The predicted octanol–water partition coefficient (Wildman–Crippen LogP) is 1.78. The van der Waals surface area contributed by atoms with E-state index in [1.807, 2.05) is 0 Å².